The lowest BCUT2D eigenvalue weighted by Gasteiger charge is -2.27. The molecule has 1 saturated carbocycles. The zero-order chi connectivity index (χ0) is 15.5. The van der Waals surface area contributed by atoms with Crippen LogP contribution in [-0.4, -0.2) is 35.6 Å². The topological polar surface area (TPSA) is 49.4 Å². The van der Waals surface area contributed by atoms with Gasteiger partial charge in [-0.15, -0.1) is 11.8 Å². The molecule has 2 aliphatic rings. The van der Waals surface area contributed by atoms with Crippen LogP contribution >= 0.6 is 11.8 Å². The van der Waals surface area contributed by atoms with Gasteiger partial charge in [-0.2, -0.15) is 0 Å². The van der Waals surface area contributed by atoms with Crippen LogP contribution in [0.2, 0.25) is 0 Å². The van der Waals surface area contributed by atoms with E-state index < -0.39 is 0 Å². The SMILES string of the molecule is CSc1ccccc1NC(=O)CCC(=O)N1C[C@H]2CC[C@H]1C2. The predicted octanol–water partition coefficient (Wildman–Crippen LogP) is 3.14. The third-order valence-corrected chi connectivity index (χ3v) is 5.47. The van der Waals surface area contributed by atoms with Crippen molar-refractivity contribution in [3.8, 4) is 0 Å². The number of amides is 2. The molecule has 2 atom stereocenters. The third-order valence-electron chi connectivity index (χ3n) is 4.68. The number of piperidine rings is 1. The number of anilines is 1. The fraction of sp³-hybridized carbons (Fsp3) is 0.529. The van der Waals surface area contributed by atoms with E-state index in [1.54, 1.807) is 11.8 Å². The molecule has 1 heterocycles. The van der Waals surface area contributed by atoms with Crippen LogP contribution in [0.3, 0.4) is 0 Å². The molecule has 1 saturated heterocycles. The minimum atomic E-state index is -0.0841. The second-order valence-electron chi connectivity index (χ2n) is 6.13. The van der Waals surface area contributed by atoms with Gasteiger partial charge in [0.25, 0.3) is 0 Å². The summed E-state index contributed by atoms with van der Waals surface area (Å²) in [6, 6.07) is 8.17. The average Bonchev–Trinajstić information content (AvgIpc) is 3.16. The van der Waals surface area contributed by atoms with Gasteiger partial charge in [-0.05, 0) is 43.6 Å². The van der Waals surface area contributed by atoms with Crippen molar-refractivity contribution in [2.45, 2.75) is 43.0 Å². The Hall–Kier alpha value is -1.49. The number of carbonyl (C=O) groups is 2. The molecule has 2 bridgehead atoms. The molecule has 0 radical (unpaired) electrons. The molecule has 118 valence electrons. The van der Waals surface area contributed by atoms with Crippen LogP contribution in [0.15, 0.2) is 29.2 Å². The molecule has 1 aliphatic heterocycles. The third kappa shape index (κ3) is 3.29. The number of likely N-dealkylation sites (tertiary alicyclic amines) is 1. The lowest BCUT2D eigenvalue weighted by atomic mass is 10.1. The number of para-hydroxylation sites is 1. The number of rotatable bonds is 5. The average molecular weight is 318 g/mol. The normalized spacial score (nSPS) is 22.9. The highest BCUT2D eigenvalue weighted by Gasteiger charge is 2.39. The van der Waals surface area contributed by atoms with Gasteiger partial charge in [-0.3, -0.25) is 9.59 Å². The van der Waals surface area contributed by atoms with E-state index >= 15 is 0 Å². The largest absolute Gasteiger partial charge is 0.339 e. The van der Waals surface area contributed by atoms with Gasteiger partial charge >= 0.3 is 0 Å². The molecule has 3 rings (SSSR count). The predicted molar refractivity (Wildman–Crippen MR) is 88.9 cm³/mol. The van der Waals surface area contributed by atoms with E-state index in [1.165, 1.54) is 12.8 Å². The van der Waals surface area contributed by atoms with Crippen molar-refractivity contribution in [2.75, 3.05) is 18.1 Å². The van der Waals surface area contributed by atoms with E-state index in [2.05, 4.69) is 5.32 Å². The van der Waals surface area contributed by atoms with E-state index in [0.29, 0.717) is 18.4 Å². The van der Waals surface area contributed by atoms with Gasteiger partial charge < -0.3 is 10.2 Å². The number of nitrogens with one attached hydrogen (secondary N) is 1. The Kier molecular flexibility index (Phi) is 4.71. The molecular formula is C17H22N2O2S. The monoisotopic (exact) mass is 318 g/mol. The number of hydrogen-bond acceptors (Lipinski definition) is 3. The minimum Gasteiger partial charge on any atom is -0.339 e. The molecule has 4 nitrogen and oxygen atoms in total. The van der Waals surface area contributed by atoms with Gasteiger partial charge in [0.15, 0.2) is 0 Å². The van der Waals surface area contributed by atoms with E-state index in [9.17, 15) is 9.59 Å². The van der Waals surface area contributed by atoms with Crippen molar-refractivity contribution in [2.24, 2.45) is 5.92 Å². The Morgan fingerprint density at radius 2 is 2.09 bits per heavy atom. The van der Waals surface area contributed by atoms with Crippen molar-refractivity contribution in [3.63, 3.8) is 0 Å². The number of thioether (sulfide) groups is 1. The molecule has 0 unspecified atom stereocenters. The maximum absolute atomic E-state index is 12.3. The molecule has 5 heteroatoms. The number of benzene rings is 1. The molecule has 2 amide bonds. The van der Waals surface area contributed by atoms with Crippen LogP contribution in [0.25, 0.3) is 0 Å². The molecule has 1 N–H and O–H groups in total. The van der Waals surface area contributed by atoms with E-state index in [1.807, 2.05) is 35.4 Å². The summed E-state index contributed by atoms with van der Waals surface area (Å²) < 4.78 is 0. The van der Waals surface area contributed by atoms with E-state index in [-0.39, 0.29) is 18.2 Å². The minimum absolute atomic E-state index is 0.0841. The fourth-order valence-electron chi connectivity index (χ4n) is 3.55. The van der Waals surface area contributed by atoms with Gasteiger partial charge in [-0.1, -0.05) is 12.1 Å². The number of carbonyl (C=O) groups excluding carboxylic acids is 2. The zero-order valence-corrected chi connectivity index (χ0v) is 13.7. The number of hydrogen-bond donors (Lipinski definition) is 1. The number of fused-ring (bicyclic) bond motifs is 2. The highest BCUT2D eigenvalue weighted by Crippen LogP contribution is 2.37. The summed E-state index contributed by atoms with van der Waals surface area (Å²) in [5.41, 5.74) is 0.827. The fourth-order valence-corrected chi connectivity index (χ4v) is 4.11. The molecule has 0 aromatic heterocycles. The van der Waals surface area contributed by atoms with Crippen molar-refractivity contribution < 1.29 is 9.59 Å². The molecule has 22 heavy (non-hydrogen) atoms. The van der Waals surface area contributed by atoms with Crippen molar-refractivity contribution in [1.29, 1.82) is 0 Å². The summed E-state index contributed by atoms with van der Waals surface area (Å²) >= 11 is 1.60. The molecule has 1 aromatic rings. The van der Waals surface area contributed by atoms with Gasteiger partial charge in [0.2, 0.25) is 11.8 Å². The summed E-state index contributed by atoms with van der Waals surface area (Å²) in [7, 11) is 0. The maximum atomic E-state index is 12.3. The summed E-state index contributed by atoms with van der Waals surface area (Å²) in [6.45, 7) is 0.903. The lowest BCUT2D eigenvalue weighted by Crippen LogP contribution is -2.37. The summed E-state index contributed by atoms with van der Waals surface area (Å²) in [6.07, 6.45) is 6.13. The van der Waals surface area contributed by atoms with Crippen LogP contribution in [-0.2, 0) is 9.59 Å². The second kappa shape index (κ2) is 6.73. The first kappa shape index (κ1) is 15.4. The Morgan fingerprint density at radius 1 is 1.27 bits per heavy atom. The van der Waals surface area contributed by atoms with Gasteiger partial charge in [0.05, 0.1) is 5.69 Å². The molecule has 2 fully saturated rings. The molecule has 1 aromatic carbocycles. The Bertz CT molecular complexity index is 576. The van der Waals surface area contributed by atoms with Crippen LogP contribution < -0.4 is 5.32 Å². The number of nitrogens with zero attached hydrogens (tertiary/aromatic N) is 1. The first-order valence-corrected chi connectivity index (χ1v) is 9.12. The zero-order valence-electron chi connectivity index (χ0n) is 12.9. The summed E-state index contributed by atoms with van der Waals surface area (Å²) in [4.78, 5) is 27.4. The standard InChI is InChI=1S/C17H22N2O2S/c1-22-15-5-3-2-4-14(15)18-16(20)8-9-17(21)19-11-12-6-7-13(19)10-12/h2-5,12-13H,6-11H2,1H3,(H,18,20)/t12-,13-/m0/s1. The first-order valence-electron chi connectivity index (χ1n) is 7.89. The van der Waals surface area contributed by atoms with Crippen molar-refractivity contribution >= 4 is 29.3 Å². The maximum Gasteiger partial charge on any atom is 0.224 e. The van der Waals surface area contributed by atoms with Gasteiger partial charge in [0.1, 0.15) is 0 Å². The first-order chi connectivity index (χ1) is 10.7. The Labute approximate surface area is 135 Å². The smallest absolute Gasteiger partial charge is 0.224 e. The van der Waals surface area contributed by atoms with Crippen LogP contribution in [0.5, 0.6) is 0 Å². The highest BCUT2D eigenvalue weighted by molar-refractivity contribution is 7.98. The van der Waals surface area contributed by atoms with Crippen molar-refractivity contribution in [3.05, 3.63) is 24.3 Å². The summed E-state index contributed by atoms with van der Waals surface area (Å²) in [5, 5.41) is 2.91. The molecule has 1 aliphatic carbocycles. The van der Waals surface area contributed by atoms with Crippen LogP contribution in [0.4, 0.5) is 5.69 Å². The second-order valence-corrected chi connectivity index (χ2v) is 6.98. The quantitative estimate of drug-likeness (QED) is 0.849. The molecular weight excluding hydrogens is 296 g/mol. The van der Waals surface area contributed by atoms with Crippen LogP contribution in [0, 0.1) is 5.92 Å². The van der Waals surface area contributed by atoms with E-state index in [4.69, 9.17) is 0 Å². The Balaban J connectivity index is 1.49. The summed E-state index contributed by atoms with van der Waals surface area (Å²) in [5.74, 6) is 0.760. The van der Waals surface area contributed by atoms with Gasteiger partial charge in [0, 0.05) is 30.3 Å². The Morgan fingerprint density at radius 3 is 2.77 bits per heavy atom. The van der Waals surface area contributed by atoms with Gasteiger partial charge in [-0.25, -0.2) is 0 Å². The van der Waals surface area contributed by atoms with Crippen LogP contribution in [0.1, 0.15) is 32.1 Å². The molecule has 0 spiro atoms. The lowest BCUT2D eigenvalue weighted by molar-refractivity contribution is -0.134. The highest BCUT2D eigenvalue weighted by atomic mass is 32.2. The van der Waals surface area contributed by atoms with E-state index in [0.717, 1.165) is 23.5 Å². The van der Waals surface area contributed by atoms with Crippen molar-refractivity contribution in [1.82, 2.24) is 4.90 Å².